The number of benzene rings is 1. The van der Waals surface area contributed by atoms with Crippen molar-refractivity contribution in [2.24, 2.45) is 0 Å². The molecule has 20 heavy (non-hydrogen) atoms. The normalized spacial score (nSPS) is 11.4. The van der Waals surface area contributed by atoms with Crippen molar-refractivity contribution in [3.8, 4) is 0 Å². The van der Waals surface area contributed by atoms with Crippen molar-refractivity contribution in [2.45, 2.75) is 6.54 Å². The van der Waals surface area contributed by atoms with Crippen molar-refractivity contribution < 1.29 is 4.39 Å². The molecule has 0 unspecified atom stereocenters. The van der Waals surface area contributed by atoms with Gasteiger partial charge in [-0.25, -0.2) is 9.37 Å². The van der Waals surface area contributed by atoms with E-state index in [0.717, 1.165) is 22.2 Å². The van der Waals surface area contributed by atoms with Crippen LogP contribution >= 0.6 is 0 Å². The van der Waals surface area contributed by atoms with E-state index in [1.165, 1.54) is 6.07 Å². The third-order valence-electron chi connectivity index (χ3n) is 3.48. The molecule has 0 aliphatic heterocycles. The van der Waals surface area contributed by atoms with E-state index in [1.54, 1.807) is 12.1 Å². The maximum Gasteiger partial charge on any atom is 0.137 e. The second-order valence-electron chi connectivity index (χ2n) is 4.85. The Hall–Kier alpha value is -2.62. The van der Waals surface area contributed by atoms with Crippen LogP contribution in [-0.2, 0) is 6.54 Å². The largest absolute Gasteiger partial charge is 0.341 e. The van der Waals surface area contributed by atoms with Gasteiger partial charge in [-0.3, -0.25) is 0 Å². The first-order chi connectivity index (χ1) is 9.79. The number of nitrogens with zero attached hydrogens (tertiary/aromatic N) is 3. The van der Waals surface area contributed by atoms with Gasteiger partial charge in [-0.05, 0) is 36.4 Å². The van der Waals surface area contributed by atoms with Gasteiger partial charge in [0, 0.05) is 29.5 Å². The van der Waals surface area contributed by atoms with E-state index in [-0.39, 0.29) is 5.82 Å². The quantitative estimate of drug-likeness (QED) is 0.544. The Morgan fingerprint density at radius 3 is 2.90 bits per heavy atom. The van der Waals surface area contributed by atoms with Gasteiger partial charge >= 0.3 is 0 Å². The number of hydrogen-bond donors (Lipinski definition) is 0. The zero-order chi connectivity index (χ0) is 13.5. The van der Waals surface area contributed by atoms with E-state index in [4.69, 9.17) is 0 Å². The molecule has 0 bridgehead atoms. The lowest BCUT2D eigenvalue weighted by molar-refractivity contribution is 0.629. The first-order valence-electron chi connectivity index (χ1n) is 6.47. The zero-order valence-corrected chi connectivity index (χ0v) is 10.7. The number of pyridine rings is 1. The summed E-state index contributed by atoms with van der Waals surface area (Å²) in [5.74, 6) is -0.206. The Morgan fingerprint density at radius 1 is 1.05 bits per heavy atom. The van der Waals surface area contributed by atoms with E-state index in [0.29, 0.717) is 6.54 Å². The van der Waals surface area contributed by atoms with Gasteiger partial charge in [0.25, 0.3) is 0 Å². The molecule has 1 aromatic carbocycles. The molecule has 0 atom stereocenters. The molecule has 98 valence electrons. The number of aromatic nitrogens is 3. The number of fused-ring (bicyclic) bond motifs is 2. The van der Waals surface area contributed by atoms with Crippen LogP contribution in [0.25, 0.3) is 16.6 Å². The molecule has 3 heterocycles. The van der Waals surface area contributed by atoms with Crippen LogP contribution in [0.2, 0.25) is 0 Å². The Morgan fingerprint density at radius 2 is 2.00 bits per heavy atom. The molecule has 4 rings (SSSR count). The highest BCUT2D eigenvalue weighted by atomic mass is 19.1. The summed E-state index contributed by atoms with van der Waals surface area (Å²) in [6.45, 7) is 0.677. The van der Waals surface area contributed by atoms with Crippen LogP contribution in [0.1, 0.15) is 5.69 Å². The van der Waals surface area contributed by atoms with Crippen LogP contribution in [0.3, 0.4) is 0 Å². The lowest BCUT2D eigenvalue weighted by Crippen LogP contribution is -1.97. The van der Waals surface area contributed by atoms with Crippen LogP contribution in [0.5, 0.6) is 0 Å². The molecule has 0 fully saturated rings. The molecule has 3 nitrogen and oxygen atoms in total. The van der Waals surface area contributed by atoms with Crippen LogP contribution in [0, 0.1) is 5.82 Å². The molecule has 0 aliphatic carbocycles. The van der Waals surface area contributed by atoms with E-state index < -0.39 is 0 Å². The number of hydrogen-bond acceptors (Lipinski definition) is 1. The molecule has 0 saturated carbocycles. The lowest BCUT2D eigenvalue weighted by atomic mass is 10.2. The Kier molecular flexibility index (Phi) is 2.36. The molecule has 0 N–H and O–H groups in total. The molecule has 0 radical (unpaired) electrons. The first-order valence-corrected chi connectivity index (χ1v) is 6.47. The molecular weight excluding hydrogens is 253 g/mol. The number of imidazole rings is 1. The number of rotatable bonds is 2. The number of halogens is 1. The third-order valence-corrected chi connectivity index (χ3v) is 3.48. The average molecular weight is 265 g/mol. The lowest BCUT2D eigenvalue weighted by Gasteiger charge is -2.02. The fourth-order valence-electron chi connectivity index (χ4n) is 2.55. The predicted octanol–water partition coefficient (Wildman–Crippen LogP) is 3.48. The van der Waals surface area contributed by atoms with Gasteiger partial charge in [0.2, 0.25) is 0 Å². The highest BCUT2D eigenvalue weighted by Crippen LogP contribution is 2.18. The highest BCUT2D eigenvalue weighted by Gasteiger charge is 2.05. The van der Waals surface area contributed by atoms with Crippen molar-refractivity contribution in [3.05, 3.63) is 72.6 Å². The minimum absolute atomic E-state index is 0.206. The Balaban J connectivity index is 1.76. The maximum atomic E-state index is 13.2. The minimum atomic E-state index is -0.206. The topological polar surface area (TPSA) is 22.2 Å². The summed E-state index contributed by atoms with van der Waals surface area (Å²) >= 11 is 0. The van der Waals surface area contributed by atoms with E-state index in [9.17, 15) is 4.39 Å². The zero-order valence-electron chi connectivity index (χ0n) is 10.7. The molecule has 0 spiro atoms. The smallest absolute Gasteiger partial charge is 0.137 e. The standard InChI is InChI=1S/C16H12FN3/c17-13-4-5-15-12(9-13)6-8-19(15)10-14-11-20-7-2-1-3-16(20)18-14/h1-9,11H,10H2. The van der Waals surface area contributed by atoms with Crippen molar-refractivity contribution in [3.63, 3.8) is 0 Å². The molecule has 4 heteroatoms. The van der Waals surface area contributed by atoms with Gasteiger partial charge < -0.3 is 8.97 Å². The highest BCUT2D eigenvalue weighted by molar-refractivity contribution is 5.80. The maximum absolute atomic E-state index is 13.2. The summed E-state index contributed by atoms with van der Waals surface area (Å²) in [5.41, 5.74) is 2.94. The van der Waals surface area contributed by atoms with Gasteiger partial charge in [0.1, 0.15) is 11.5 Å². The van der Waals surface area contributed by atoms with Crippen LogP contribution in [0.15, 0.2) is 61.1 Å². The SMILES string of the molecule is Fc1ccc2c(ccn2Cc2cn3ccccc3n2)c1. The minimum Gasteiger partial charge on any atom is -0.341 e. The van der Waals surface area contributed by atoms with E-state index in [1.807, 2.05) is 47.3 Å². The average Bonchev–Trinajstić information content (AvgIpc) is 3.02. The fraction of sp³-hybridized carbons (Fsp3) is 0.0625. The summed E-state index contributed by atoms with van der Waals surface area (Å²) < 4.78 is 17.3. The summed E-state index contributed by atoms with van der Waals surface area (Å²) in [6, 6.07) is 12.7. The van der Waals surface area contributed by atoms with Gasteiger partial charge in [0.05, 0.1) is 12.2 Å². The second-order valence-corrected chi connectivity index (χ2v) is 4.85. The van der Waals surface area contributed by atoms with E-state index in [2.05, 4.69) is 9.55 Å². The summed E-state index contributed by atoms with van der Waals surface area (Å²) in [5, 5.41) is 0.911. The van der Waals surface area contributed by atoms with Gasteiger partial charge in [-0.15, -0.1) is 0 Å². The van der Waals surface area contributed by atoms with Crippen molar-refractivity contribution in [2.75, 3.05) is 0 Å². The van der Waals surface area contributed by atoms with Crippen LogP contribution in [-0.4, -0.2) is 14.0 Å². The van der Waals surface area contributed by atoms with Crippen molar-refractivity contribution in [1.29, 1.82) is 0 Å². The predicted molar refractivity (Wildman–Crippen MR) is 76.2 cm³/mol. The van der Waals surface area contributed by atoms with Crippen LogP contribution in [0.4, 0.5) is 4.39 Å². The molecule has 0 saturated heterocycles. The second kappa shape index (κ2) is 4.20. The first kappa shape index (κ1) is 11.2. The summed E-state index contributed by atoms with van der Waals surface area (Å²) in [6.07, 6.45) is 5.97. The summed E-state index contributed by atoms with van der Waals surface area (Å²) in [7, 11) is 0. The summed E-state index contributed by atoms with van der Waals surface area (Å²) in [4.78, 5) is 4.58. The Labute approximate surface area is 114 Å². The third kappa shape index (κ3) is 1.77. The van der Waals surface area contributed by atoms with Crippen molar-refractivity contribution >= 4 is 16.6 Å². The Bertz CT molecular complexity index is 871. The molecule has 3 aromatic heterocycles. The molecule has 0 amide bonds. The van der Waals surface area contributed by atoms with Gasteiger partial charge in [0.15, 0.2) is 0 Å². The fourth-order valence-corrected chi connectivity index (χ4v) is 2.55. The molecule has 4 aromatic rings. The van der Waals surface area contributed by atoms with Gasteiger partial charge in [-0.2, -0.15) is 0 Å². The van der Waals surface area contributed by atoms with Gasteiger partial charge in [-0.1, -0.05) is 6.07 Å². The van der Waals surface area contributed by atoms with E-state index >= 15 is 0 Å². The van der Waals surface area contributed by atoms with Crippen molar-refractivity contribution in [1.82, 2.24) is 14.0 Å². The van der Waals surface area contributed by atoms with Crippen LogP contribution < -0.4 is 0 Å². The molecule has 0 aliphatic rings. The monoisotopic (exact) mass is 265 g/mol. The molecular formula is C16H12FN3.